The zero-order chi connectivity index (χ0) is 15.3. The summed E-state index contributed by atoms with van der Waals surface area (Å²) in [5, 5.41) is 15.3. The van der Waals surface area contributed by atoms with Gasteiger partial charge in [0.2, 0.25) is 0 Å². The number of nitrogens with zero attached hydrogens (tertiary/aromatic N) is 5. The van der Waals surface area contributed by atoms with Crippen LogP contribution in [-0.2, 0) is 5.60 Å². The van der Waals surface area contributed by atoms with Gasteiger partial charge in [-0.15, -0.1) is 0 Å². The van der Waals surface area contributed by atoms with E-state index in [9.17, 15) is 5.11 Å². The van der Waals surface area contributed by atoms with Gasteiger partial charge in [-0.3, -0.25) is 9.88 Å². The second kappa shape index (κ2) is 4.74. The van der Waals surface area contributed by atoms with E-state index in [1.807, 2.05) is 19.2 Å². The lowest BCUT2D eigenvalue weighted by molar-refractivity contribution is -0.0918. The Labute approximate surface area is 132 Å². The van der Waals surface area contributed by atoms with Crippen molar-refractivity contribution in [2.24, 2.45) is 0 Å². The molecule has 0 saturated carbocycles. The molecule has 4 rings (SSSR count). The number of imidazole rings is 1. The van der Waals surface area contributed by atoms with Crippen LogP contribution in [0.5, 0.6) is 0 Å². The normalized spacial score (nSPS) is 17.6. The first-order chi connectivity index (χ1) is 10.5. The molecule has 22 heavy (non-hydrogen) atoms. The second-order valence-electron chi connectivity index (χ2n) is 5.70. The molecule has 1 aliphatic heterocycles. The molecule has 1 saturated heterocycles. The molecule has 0 unspecified atom stereocenters. The number of likely N-dealkylation sites (tertiary alicyclic amines) is 1. The van der Waals surface area contributed by atoms with Crippen LogP contribution in [0.1, 0.15) is 5.56 Å². The van der Waals surface area contributed by atoms with Crippen molar-refractivity contribution in [1.29, 1.82) is 0 Å². The van der Waals surface area contributed by atoms with Gasteiger partial charge in [0.05, 0.1) is 11.9 Å². The molecule has 0 amide bonds. The van der Waals surface area contributed by atoms with Gasteiger partial charge in [0.15, 0.2) is 5.65 Å². The molecule has 1 fully saturated rings. The third-order valence-electron chi connectivity index (χ3n) is 3.95. The number of β-amino-alcohol motifs (C(OH)–C–C–N with tert-alkyl or cyclic N) is 1. The van der Waals surface area contributed by atoms with Crippen LogP contribution in [0.25, 0.3) is 17.0 Å². The summed E-state index contributed by atoms with van der Waals surface area (Å²) in [6, 6.07) is 7.24. The Morgan fingerprint density at radius 3 is 2.82 bits per heavy atom. The van der Waals surface area contributed by atoms with Crippen molar-refractivity contribution in [1.82, 2.24) is 24.5 Å². The Morgan fingerprint density at radius 2 is 2.05 bits per heavy atom. The standard InChI is InChI=1S/C15H14ClN5O/c1-20-8-15(22,9-20)10-4-5-17-11(6-10)12-7-18-14-3-2-13(16)19-21(12)14/h2-7,22H,8-9H2,1H3. The molecule has 3 aromatic heterocycles. The fraction of sp³-hybridized carbons (Fsp3) is 0.267. The highest BCUT2D eigenvalue weighted by Crippen LogP contribution is 2.32. The summed E-state index contributed by atoms with van der Waals surface area (Å²) in [5.41, 5.74) is 2.21. The Hall–Kier alpha value is -2.02. The molecule has 1 N–H and O–H groups in total. The maximum absolute atomic E-state index is 10.6. The number of likely N-dealkylation sites (N-methyl/N-ethyl adjacent to an activating group) is 1. The first-order valence-corrected chi connectivity index (χ1v) is 7.31. The van der Waals surface area contributed by atoms with E-state index in [0.717, 1.165) is 11.3 Å². The number of halogens is 1. The van der Waals surface area contributed by atoms with Gasteiger partial charge in [0.25, 0.3) is 0 Å². The summed E-state index contributed by atoms with van der Waals surface area (Å²) in [7, 11) is 1.98. The van der Waals surface area contributed by atoms with Crippen LogP contribution >= 0.6 is 11.6 Å². The molecular formula is C15H14ClN5O. The summed E-state index contributed by atoms with van der Waals surface area (Å²) in [4.78, 5) is 10.8. The topological polar surface area (TPSA) is 66.5 Å². The maximum atomic E-state index is 10.6. The third-order valence-corrected chi connectivity index (χ3v) is 4.15. The molecule has 0 aromatic carbocycles. The van der Waals surface area contributed by atoms with Crippen molar-refractivity contribution < 1.29 is 5.11 Å². The van der Waals surface area contributed by atoms with E-state index in [1.54, 1.807) is 29.0 Å². The molecule has 112 valence electrons. The highest BCUT2D eigenvalue weighted by molar-refractivity contribution is 6.29. The molecule has 7 heteroatoms. The number of rotatable bonds is 2. The quantitative estimate of drug-likeness (QED) is 0.777. The largest absolute Gasteiger partial charge is 0.382 e. The van der Waals surface area contributed by atoms with Crippen LogP contribution in [-0.4, -0.2) is 49.7 Å². The van der Waals surface area contributed by atoms with E-state index >= 15 is 0 Å². The average molecular weight is 316 g/mol. The van der Waals surface area contributed by atoms with Crippen LogP contribution < -0.4 is 0 Å². The summed E-state index contributed by atoms with van der Waals surface area (Å²) in [5.74, 6) is 0. The second-order valence-corrected chi connectivity index (χ2v) is 6.09. The number of hydrogen-bond donors (Lipinski definition) is 1. The monoisotopic (exact) mass is 315 g/mol. The number of hydrogen-bond acceptors (Lipinski definition) is 5. The van der Waals surface area contributed by atoms with E-state index in [0.29, 0.717) is 29.6 Å². The van der Waals surface area contributed by atoms with Crippen LogP contribution in [0.15, 0.2) is 36.7 Å². The predicted molar refractivity (Wildman–Crippen MR) is 82.6 cm³/mol. The number of pyridine rings is 1. The zero-order valence-corrected chi connectivity index (χ0v) is 12.7. The molecule has 0 bridgehead atoms. The van der Waals surface area contributed by atoms with Crippen molar-refractivity contribution in [3.05, 3.63) is 47.4 Å². The fourth-order valence-corrected chi connectivity index (χ4v) is 3.05. The number of aliphatic hydroxyl groups is 1. The Bertz CT molecular complexity index is 856. The zero-order valence-electron chi connectivity index (χ0n) is 11.9. The van der Waals surface area contributed by atoms with Gasteiger partial charge < -0.3 is 5.11 Å². The van der Waals surface area contributed by atoms with Crippen molar-refractivity contribution in [3.63, 3.8) is 0 Å². The average Bonchev–Trinajstić information content (AvgIpc) is 2.89. The number of fused-ring (bicyclic) bond motifs is 1. The van der Waals surface area contributed by atoms with E-state index < -0.39 is 5.60 Å². The smallest absolute Gasteiger partial charge is 0.154 e. The minimum atomic E-state index is -0.808. The lowest BCUT2D eigenvalue weighted by atomic mass is 9.87. The first-order valence-electron chi connectivity index (χ1n) is 6.93. The lowest BCUT2D eigenvalue weighted by Crippen LogP contribution is -2.57. The molecule has 6 nitrogen and oxygen atoms in total. The van der Waals surface area contributed by atoms with Crippen molar-refractivity contribution >= 4 is 17.2 Å². The molecule has 0 aliphatic carbocycles. The van der Waals surface area contributed by atoms with Crippen LogP contribution in [0, 0.1) is 0 Å². The van der Waals surface area contributed by atoms with E-state index in [1.165, 1.54) is 0 Å². The Morgan fingerprint density at radius 1 is 1.23 bits per heavy atom. The van der Waals surface area contributed by atoms with Crippen molar-refractivity contribution in [2.75, 3.05) is 20.1 Å². The fourth-order valence-electron chi connectivity index (χ4n) is 2.91. The van der Waals surface area contributed by atoms with Crippen LogP contribution in [0.3, 0.4) is 0 Å². The molecule has 0 radical (unpaired) electrons. The minimum Gasteiger partial charge on any atom is -0.382 e. The highest BCUT2D eigenvalue weighted by Gasteiger charge is 2.40. The predicted octanol–water partition coefficient (Wildman–Crippen LogP) is 1.58. The van der Waals surface area contributed by atoms with Crippen molar-refractivity contribution in [3.8, 4) is 11.4 Å². The van der Waals surface area contributed by atoms with Gasteiger partial charge in [-0.1, -0.05) is 11.6 Å². The van der Waals surface area contributed by atoms with Gasteiger partial charge in [-0.05, 0) is 36.9 Å². The van der Waals surface area contributed by atoms with Gasteiger partial charge in [-0.2, -0.15) is 5.10 Å². The van der Waals surface area contributed by atoms with Gasteiger partial charge in [-0.25, -0.2) is 9.50 Å². The molecule has 0 spiro atoms. The van der Waals surface area contributed by atoms with Crippen LogP contribution in [0.2, 0.25) is 5.15 Å². The number of aromatic nitrogens is 4. The van der Waals surface area contributed by atoms with Crippen LogP contribution in [0.4, 0.5) is 0 Å². The minimum absolute atomic E-state index is 0.391. The molecule has 4 heterocycles. The van der Waals surface area contributed by atoms with E-state index in [2.05, 4.69) is 20.0 Å². The summed E-state index contributed by atoms with van der Waals surface area (Å²) in [6.07, 6.45) is 3.41. The van der Waals surface area contributed by atoms with Gasteiger partial charge >= 0.3 is 0 Å². The SMILES string of the molecule is CN1CC(O)(c2ccnc(-c3cnc4ccc(Cl)nn34)c2)C1. The summed E-state index contributed by atoms with van der Waals surface area (Å²) in [6.45, 7) is 1.24. The highest BCUT2D eigenvalue weighted by atomic mass is 35.5. The van der Waals surface area contributed by atoms with Gasteiger partial charge in [0.1, 0.15) is 16.4 Å². The lowest BCUT2D eigenvalue weighted by Gasteiger charge is -2.44. The molecule has 0 atom stereocenters. The summed E-state index contributed by atoms with van der Waals surface area (Å²) >= 11 is 5.96. The van der Waals surface area contributed by atoms with E-state index in [-0.39, 0.29) is 0 Å². The van der Waals surface area contributed by atoms with E-state index in [4.69, 9.17) is 11.6 Å². The van der Waals surface area contributed by atoms with Gasteiger partial charge in [0, 0.05) is 19.3 Å². The Balaban J connectivity index is 1.80. The maximum Gasteiger partial charge on any atom is 0.154 e. The van der Waals surface area contributed by atoms with Crippen molar-refractivity contribution in [2.45, 2.75) is 5.60 Å². The molecular weight excluding hydrogens is 302 g/mol. The third kappa shape index (κ3) is 2.08. The molecule has 3 aromatic rings. The summed E-state index contributed by atoms with van der Waals surface area (Å²) < 4.78 is 1.66. The Kier molecular flexibility index (Phi) is 2.94. The first kappa shape index (κ1) is 13.6. The molecule has 1 aliphatic rings.